The zero-order chi connectivity index (χ0) is 24.3. The van der Waals surface area contributed by atoms with E-state index in [2.05, 4.69) is 79.8 Å². The first kappa shape index (κ1) is 23.9. The third-order valence-electron chi connectivity index (χ3n) is 7.24. The van der Waals surface area contributed by atoms with Crippen LogP contribution >= 0.6 is 0 Å². The number of nitrogens with one attached hydrogen (secondary N) is 2. The summed E-state index contributed by atoms with van der Waals surface area (Å²) in [6, 6.07) is 18.6. The van der Waals surface area contributed by atoms with Gasteiger partial charge in [-0.05, 0) is 62.8 Å². The Hall–Kier alpha value is -3.28. The van der Waals surface area contributed by atoms with Crippen LogP contribution in [0.3, 0.4) is 0 Å². The molecule has 0 radical (unpaired) electrons. The molecule has 0 fully saturated rings. The summed E-state index contributed by atoms with van der Waals surface area (Å²) in [5, 5.41) is 11.6. The lowest BCUT2D eigenvalue weighted by Gasteiger charge is -2.38. The van der Waals surface area contributed by atoms with Crippen molar-refractivity contribution in [3.63, 3.8) is 0 Å². The van der Waals surface area contributed by atoms with Crippen molar-refractivity contribution in [3.05, 3.63) is 77.5 Å². The normalized spacial score (nSPS) is 16.9. The summed E-state index contributed by atoms with van der Waals surface area (Å²) < 4.78 is 7.25. The Morgan fingerprint density at radius 3 is 2.44 bits per heavy atom. The first-order chi connectivity index (χ1) is 16.3. The number of benzene rings is 2. The van der Waals surface area contributed by atoms with E-state index in [9.17, 15) is 4.79 Å². The van der Waals surface area contributed by atoms with Crippen LogP contribution in [0.15, 0.2) is 60.8 Å². The lowest BCUT2D eigenvalue weighted by atomic mass is 9.85. The highest BCUT2D eigenvalue weighted by molar-refractivity contribution is 5.99. The largest absolute Gasteiger partial charge is 0.497 e. The van der Waals surface area contributed by atoms with E-state index in [1.54, 1.807) is 13.3 Å². The van der Waals surface area contributed by atoms with Gasteiger partial charge in [0.2, 0.25) is 0 Å². The van der Waals surface area contributed by atoms with Crippen molar-refractivity contribution in [1.82, 2.24) is 15.1 Å². The summed E-state index contributed by atoms with van der Waals surface area (Å²) in [5.74, 6) is 1.53. The van der Waals surface area contributed by atoms with Crippen LogP contribution in [0.1, 0.15) is 74.5 Å². The van der Waals surface area contributed by atoms with Crippen LogP contribution in [-0.2, 0) is 12.0 Å². The van der Waals surface area contributed by atoms with Crippen LogP contribution in [0.5, 0.6) is 5.75 Å². The highest BCUT2D eigenvalue weighted by Crippen LogP contribution is 2.40. The van der Waals surface area contributed by atoms with E-state index in [4.69, 9.17) is 4.74 Å². The average molecular weight is 461 g/mol. The van der Waals surface area contributed by atoms with Crippen molar-refractivity contribution in [3.8, 4) is 5.75 Å². The van der Waals surface area contributed by atoms with Crippen molar-refractivity contribution in [1.29, 1.82) is 0 Å². The van der Waals surface area contributed by atoms with Crippen molar-refractivity contribution < 1.29 is 9.53 Å². The molecule has 1 amide bonds. The maximum absolute atomic E-state index is 13.6. The molecule has 2 N–H and O–H groups in total. The van der Waals surface area contributed by atoms with Crippen molar-refractivity contribution in [2.45, 2.75) is 70.5 Å². The summed E-state index contributed by atoms with van der Waals surface area (Å²) >= 11 is 0. The molecule has 1 aliphatic rings. The fraction of sp³-hybridized carbons (Fsp3) is 0.429. The minimum Gasteiger partial charge on any atom is -0.497 e. The number of amides is 1. The van der Waals surface area contributed by atoms with Gasteiger partial charge in [0.05, 0.1) is 24.9 Å². The van der Waals surface area contributed by atoms with E-state index in [1.807, 2.05) is 22.9 Å². The molecule has 1 unspecified atom stereocenters. The van der Waals surface area contributed by atoms with Gasteiger partial charge in [0.25, 0.3) is 5.91 Å². The Balaban J connectivity index is 1.60. The van der Waals surface area contributed by atoms with Gasteiger partial charge in [-0.25, -0.2) is 4.68 Å². The molecule has 1 atom stereocenters. The maximum Gasteiger partial charge on any atom is 0.257 e. The van der Waals surface area contributed by atoms with Gasteiger partial charge in [0.15, 0.2) is 0 Å². The Morgan fingerprint density at radius 1 is 1.15 bits per heavy atom. The monoisotopic (exact) mass is 460 g/mol. The Bertz CT molecular complexity index is 1120. The van der Waals surface area contributed by atoms with Crippen LogP contribution < -0.4 is 15.4 Å². The lowest BCUT2D eigenvalue weighted by Crippen LogP contribution is -2.49. The number of methoxy groups -OCH3 is 1. The predicted octanol–water partition coefficient (Wildman–Crippen LogP) is 5.72. The molecule has 4 rings (SSSR count). The SMILES string of the molecule is CCC(CC)(Cc1ccc(OC)cc1)NC(=O)c1cnn2c1NC(c1ccccc1)CC2(C)C. The van der Waals surface area contributed by atoms with Crippen molar-refractivity contribution >= 4 is 11.7 Å². The molecule has 0 saturated heterocycles. The lowest BCUT2D eigenvalue weighted by molar-refractivity contribution is 0.0891. The number of nitrogens with zero attached hydrogens (tertiary/aromatic N) is 2. The van der Waals surface area contributed by atoms with Crippen LogP contribution in [0.4, 0.5) is 5.82 Å². The van der Waals surface area contributed by atoms with E-state index in [0.29, 0.717) is 5.56 Å². The molecule has 0 saturated carbocycles. The molecule has 0 spiro atoms. The molecule has 0 aliphatic carbocycles. The molecule has 6 nitrogen and oxygen atoms in total. The molecule has 180 valence electrons. The number of fused-ring (bicyclic) bond motifs is 1. The summed E-state index contributed by atoms with van der Waals surface area (Å²) in [6.45, 7) is 8.61. The Labute approximate surface area is 202 Å². The second-order valence-corrected chi connectivity index (χ2v) is 9.91. The van der Waals surface area contributed by atoms with E-state index < -0.39 is 0 Å². The first-order valence-electron chi connectivity index (χ1n) is 12.2. The Kier molecular flexibility index (Phi) is 6.69. The third-order valence-corrected chi connectivity index (χ3v) is 7.24. The zero-order valence-corrected chi connectivity index (χ0v) is 20.9. The topological polar surface area (TPSA) is 68.2 Å². The van der Waals surface area contributed by atoms with Gasteiger partial charge in [-0.1, -0.05) is 56.3 Å². The average Bonchev–Trinajstić information content (AvgIpc) is 3.29. The van der Waals surface area contributed by atoms with Crippen LogP contribution in [0, 0.1) is 0 Å². The number of aromatic nitrogens is 2. The molecular weight excluding hydrogens is 424 g/mol. The molecule has 1 aromatic heterocycles. The number of carbonyl (C=O) groups is 1. The van der Waals surface area contributed by atoms with Gasteiger partial charge < -0.3 is 15.4 Å². The second-order valence-electron chi connectivity index (χ2n) is 9.91. The number of hydrogen-bond donors (Lipinski definition) is 2. The van der Waals surface area contributed by atoms with Gasteiger partial charge in [-0.2, -0.15) is 5.10 Å². The molecule has 1 aliphatic heterocycles. The number of rotatable bonds is 8. The van der Waals surface area contributed by atoms with E-state index in [0.717, 1.165) is 37.3 Å². The summed E-state index contributed by atoms with van der Waals surface area (Å²) in [4.78, 5) is 13.6. The minimum absolute atomic E-state index is 0.0875. The molecule has 2 aromatic carbocycles. The Morgan fingerprint density at radius 2 is 1.82 bits per heavy atom. The molecule has 3 aromatic rings. The van der Waals surface area contributed by atoms with Gasteiger partial charge in [0.1, 0.15) is 17.1 Å². The van der Waals surface area contributed by atoms with Crippen molar-refractivity contribution in [2.75, 3.05) is 12.4 Å². The number of carbonyl (C=O) groups excluding carboxylic acids is 1. The van der Waals surface area contributed by atoms with E-state index in [1.165, 1.54) is 11.1 Å². The first-order valence-corrected chi connectivity index (χ1v) is 12.2. The highest BCUT2D eigenvalue weighted by Gasteiger charge is 2.38. The summed E-state index contributed by atoms with van der Waals surface area (Å²) in [7, 11) is 1.67. The van der Waals surface area contributed by atoms with Crippen LogP contribution in [0.25, 0.3) is 0 Å². The standard InChI is InChI=1S/C28H36N4O2/c1-6-28(7-2,17-20-13-15-22(34-5)16-14-20)31-26(33)23-19-29-32-25(23)30-24(18-27(32,3)4)21-11-9-8-10-12-21/h8-16,19,24,30H,6-7,17-18H2,1-5H3,(H,31,33). The van der Waals surface area contributed by atoms with Gasteiger partial charge in [-0.15, -0.1) is 0 Å². The summed E-state index contributed by atoms with van der Waals surface area (Å²) in [5.41, 5.74) is 2.42. The minimum atomic E-state index is -0.344. The smallest absolute Gasteiger partial charge is 0.257 e. The summed E-state index contributed by atoms with van der Waals surface area (Å²) in [6.07, 6.45) is 5.01. The number of hydrogen-bond acceptors (Lipinski definition) is 4. The maximum atomic E-state index is 13.6. The van der Waals surface area contributed by atoms with Crippen molar-refractivity contribution in [2.24, 2.45) is 0 Å². The van der Waals surface area contributed by atoms with Crippen LogP contribution in [0.2, 0.25) is 0 Å². The fourth-order valence-electron chi connectivity index (χ4n) is 4.96. The third kappa shape index (κ3) is 4.67. The molecule has 2 heterocycles. The molecule has 34 heavy (non-hydrogen) atoms. The molecular formula is C28H36N4O2. The second kappa shape index (κ2) is 9.53. The zero-order valence-electron chi connectivity index (χ0n) is 20.9. The van der Waals surface area contributed by atoms with Gasteiger partial charge in [-0.3, -0.25) is 4.79 Å². The highest BCUT2D eigenvalue weighted by atomic mass is 16.5. The fourth-order valence-corrected chi connectivity index (χ4v) is 4.96. The molecule has 6 heteroatoms. The quantitative estimate of drug-likeness (QED) is 0.451. The van der Waals surface area contributed by atoms with E-state index in [-0.39, 0.29) is 23.0 Å². The number of anilines is 1. The van der Waals surface area contributed by atoms with E-state index >= 15 is 0 Å². The number of ether oxygens (including phenoxy) is 1. The molecule has 0 bridgehead atoms. The van der Waals surface area contributed by atoms with Gasteiger partial charge in [0, 0.05) is 5.54 Å². The van der Waals surface area contributed by atoms with Crippen LogP contribution in [-0.4, -0.2) is 28.3 Å². The predicted molar refractivity (Wildman–Crippen MR) is 136 cm³/mol. The van der Waals surface area contributed by atoms with Gasteiger partial charge >= 0.3 is 0 Å².